The monoisotopic (exact) mass is 249 g/mol. The van der Waals surface area contributed by atoms with Gasteiger partial charge in [-0.1, -0.05) is 33.6 Å². The minimum Gasteiger partial charge on any atom is -0.306 e. The largest absolute Gasteiger partial charge is 0.306 e. The molecule has 3 heteroatoms. The molecule has 0 aromatic carbocycles. The number of rotatable bonds is 3. The van der Waals surface area contributed by atoms with E-state index in [1.165, 1.54) is 31.4 Å². The molecule has 0 saturated heterocycles. The Kier molecular flexibility index (Phi) is 4.10. The van der Waals surface area contributed by atoms with Crippen LogP contribution in [-0.4, -0.2) is 16.2 Å². The summed E-state index contributed by atoms with van der Waals surface area (Å²) in [5.74, 6) is 0.775. The number of aromatic amines is 1. The maximum Gasteiger partial charge on any atom is 0.0518 e. The summed E-state index contributed by atoms with van der Waals surface area (Å²) in [6.07, 6.45) is 7.24. The molecule has 0 bridgehead atoms. The molecule has 1 aliphatic carbocycles. The molecule has 2 N–H and O–H groups in total. The van der Waals surface area contributed by atoms with Crippen LogP contribution in [0.2, 0.25) is 0 Å². The lowest BCUT2D eigenvalue weighted by molar-refractivity contribution is 0.124. The molecule has 2 rings (SSSR count). The van der Waals surface area contributed by atoms with Crippen molar-refractivity contribution in [3.05, 3.63) is 18.0 Å². The highest BCUT2D eigenvalue weighted by atomic mass is 15.1. The lowest BCUT2D eigenvalue weighted by atomic mass is 9.69. The Morgan fingerprint density at radius 3 is 2.67 bits per heavy atom. The van der Waals surface area contributed by atoms with Gasteiger partial charge in [0.25, 0.3) is 0 Å². The van der Waals surface area contributed by atoms with Gasteiger partial charge in [-0.3, -0.25) is 5.10 Å². The normalized spacial score (nSPS) is 27.1. The summed E-state index contributed by atoms with van der Waals surface area (Å²) in [4.78, 5) is 0. The smallest absolute Gasteiger partial charge is 0.0518 e. The van der Waals surface area contributed by atoms with Crippen molar-refractivity contribution in [3.63, 3.8) is 0 Å². The highest BCUT2D eigenvalue weighted by Crippen LogP contribution is 2.38. The van der Waals surface area contributed by atoms with Gasteiger partial charge < -0.3 is 5.32 Å². The van der Waals surface area contributed by atoms with Crippen LogP contribution < -0.4 is 5.32 Å². The third kappa shape index (κ3) is 3.14. The van der Waals surface area contributed by atoms with E-state index in [-0.39, 0.29) is 0 Å². The molecule has 0 aliphatic heterocycles. The summed E-state index contributed by atoms with van der Waals surface area (Å²) >= 11 is 0. The molecule has 102 valence electrons. The van der Waals surface area contributed by atoms with Crippen LogP contribution in [0.1, 0.15) is 65.1 Å². The number of nitrogens with zero attached hydrogens (tertiary/aromatic N) is 1. The molecule has 0 radical (unpaired) electrons. The second-order valence-electron chi connectivity index (χ2n) is 6.76. The summed E-state index contributed by atoms with van der Waals surface area (Å²) in [5.41, 5.74) is 1.58. The lowest BCUT2D eigenvalue weighted by Crippen LogP contribution is -2.45. The van der Waals surface area contributed by atoms with E-state index in [9.17, 15) is 0 Å². The number of hydrogen-bond acceptors (Lipinski definition) is 2. The first kappa shape index (κ1) is 13.6. The van der Waals surface area contributed by atoms with E-state index in [0.29, 0.717) is 17.5 Å². The molecule has 1 aromatic heterocycles. The first-order valence-electron chi connectivity index (χ1n) is 7.24. The van der Waals surface area contributed by atoms with Crippen LogP contribution in [0.3, 0.4) is 0 Å². The summed E-state index contributed by atoms with van der Waals surface area (Å²) < 4.78 is 0. The van der Waals surface area contributed by atoms with Gasteiger partial charge in [0.05, 0.1) is 5.69 Å². The lowest BCUT2D eigenvalue weighted by Gasteiger charge is -2.42. The second-order valence-corrected chi connectivity index (χ2v) is 6.76. The number of nitrogens with one attached hydrogen (secondary N) is 2. The zero-order chi connectivity index (χ0) is 13.2. The summed E-state index contributed by atoms with van der Waals surface area (Å²) in [5, 5.41) is 10.9. The van der Waals surface area contributed by atoms with E-state index in [1.54, 1.807) is 0 Å². The van der Waals surface area contributed by atoms with Gasteiger partial charge in [0, 0.05) is 18.3 Å². The van der Waals surface area contributed by atoms with E-state index in [4.69, 9.17) is 0 Å². The van der Waals surface area contributed by atoms with Gasteiger partial charge in [-0.15, -0.1) is 0 Å². The fourth-order valence-electron chi connectivity index (χ4n) is 3.29. The fourth-order valence-corrected chi connectivity index (χ4v) is 3.29. The van der Waals surface area contributed by atoms with Crippen molar-refractivity contribution in [2.24, 2.45) is 11.3 Å². The van der Waals surface area contributed by atoms with Gasteiger partial charge in [0.1, 0.15) is 0 Å². The zero-order valence-electron chi connectivity index (χ0n) is 12.2. The maximum absolute atomic E-state index is 4.04. The zero-order valence-corrected chi connectivity index (χ0v) is 12.2. The minimum atomic E-state index is 0.362. The van der Waals surface area contributed by atoms with E-state index >= 15 is 0 Å². The third-order valence-electron chi connectivity index (χ3n) is 4.33. The molecule has 1 heterocycles. The van der Waals surface area contributed by atoms with Gasteiger partial charge in [-0.05, 0) is 37.2 Å². The first-order chi connectivity index (χ1) is 8.48. The Balaban J connectivity index is 2.01. The Bertz CT molecular complexity index is 350. The number of H-pyrrole nitrogens is 1. The maximum atomic E-state index is 4.04. The van der Waals surface area contributed by atoms with E-state index in [0.717, 1.165) is 5.92 Å². The van der Waals surface area contributed by atoms with Gasteiger partial charge in [0.2, 0.25) is 0 Å². The average molecular weight is 249 g/mol. The summed E-state index contributed by atoms with van der Waals surface area (Å²) in [6, 6.07) is 3.06. The van der Waals surface area contributed by atoms with Gasteiger partial charge in [-0.25, -0.2) is 0 Å². The molecule has 3 unspecified atom stereocenters. The van der Waals surface area contributed by atoms with E-state index in [2.05, 4.69) is 49.3 Å². The second kappa shape index (κ2) is 5.43. The van der Waals surface area contributed by atoms with Crippen LogP contribution >= 0.6 is 0 Å². The molecule has 0 amide bonds. The van der Waals surface area contributed by atoms with Gasteiger partial charge in [-0.2, -0.15) is 5.10 Å². The van der Waals surface area contributed by atoms with Crippen molar-refractivity contribution in [2.45, 2.75) is 65.5 Å². The molecular formula is C15H27N3. The van der Waals surface area contributed by atoms with Crippen molar-refractivity contribution in [1.82, 2.24) is 15.5 Å². The Morgan fingerprint density at radius 2 is 2.06 bits per heavy atom. The molecule has 1 saturated carbocycles. The van der Waals surface area contributed by atoms with Crippen molar-refractivity contribution >= 4 is 0 Å². The molecule has 1 aliphatic rings. The molecule has 0 spiro atoms. The van der Waals surface area contributed by atoms with Crippen LogP contribution in [0.25, 0.3) is 0 Å². The van der Waals surface area contributed by atoms with Crippen molar-refractivity contribution in [2.75, 3.05) is 0 Å². The van der Waals surface area contributed by atoms with Gasteiger partial charge >= 0.3 is 0 Å². The standard InChI is InChI=1S/C15H27N3/c1-11(13-9-10-16-18-13)17-14-8-6-5-7-12(14)15(2,3)4/h9-12,14,17H,5-8H2,1-4H3,(H,16,18). The molecule has 1 fully saturated rings. The molecule has 1 aromatic rings. The van der Waals surface area contributed by atoms with Crippen molar-refractivity contribution in [1.29, 1.82) is 0 Å². The Hall–Kier alpha value is -0.830. The fraction of sp³-hybridized carbons (Fsp3) is 0.800. The van der Waals surface area contributed by atoms with Crippen LogP contribution in [0.4, 0.5) is 0 Å². The van der Waals surface area contributed by atoms with E-state index in [1.807, 2.05) is 6.20 Å². The SMILES string of the molecule is CC(NC1CCCCC1C(C)(C)C)c1ccn[nH]1. The van der Waals surface area contributed by atoms with Crippen molar-refractivity contribution in [3.8, 4) is 0 Å². The predicted molar refractivity (Wildman–Crippen MR) is 75.3 cm³/mol. The third-order valence-corrected chi connectivity index (χ3v) is 4.33. The van der Waals surface area contributed by atoms with Gasteiger partial charge in [0.15, 0.2) is 0 Å². The molecule has 18 heavy (non-hydrogen) atoms. The molecule has 3 atom stereocenters. The average Bonchev–Trinajstić information content (AvgIpc) is 2.81. The van der Waals surface area contributed by atoms with E-state index < -0.39 is 0 Å². The molecular weight excluding hydrogens is 222 g/mol. The summed E-state index contributed by atoms with van der Waals surface area (Å²) in [7, 11) is 0. The van der Waals surface area contributed by atoms with Crippen LogP contribution in [0, 0.1) is 11.3 Å². The van der Waals surface area contributed by atoms with Crippen molar-refractivity contribution < 1.29 is 0 Å². The summed E-state index contributed by atoms with van der Waals surface area (Å²) in [6.45, 7) is 9.34. The predicted octanol–water partition coefficient (Wildman–Crippen LogP) is 3.67. The first-order valence-corrected chi connectivity index (χ1v) is 7.24. The molecule has 3 nitrogen and oxygen atoms in total. The number of hydrogen-bond donors (Lipinski definition) is 2. The number of aromatic nitrogens is 2. The highest BCUT2D eigenvalue weighted by Gasteiger charge is 2.34. The topological polar surface area (TPSA) is 40.7 Å². The Morgan fingerprint density at radius 1 is 1.33 bits per heavy atom. The van der Waals surface area contributed by atoms with Crippen LogP contribution in [0.5, 0.6) is 0 Å². The quantitative estimate of drug-likeness (QED) is 0.858. The Labute approximate surface area is 111 Å². The van der Waals surface area contributed by atoms with Crippen LogP contribution in [0.15, 0.2) is 12.3 Å². The minimum absolute atomic E-state index is 0.362. The van der Waals surface area contributed by atoms with Crippen LogP contribution in [-0.2, 0) is 0 Å². The highest BCUT2D eigenvalue weighted by molar-refractivity contribution is 5.04.